The number of fused-ring (bicyclic) bond motifs is 1. The van der Waals surface area contributed by atoms with Gasteiger partial charge in [0.25, 0.3) is 5.91 Å². The summed E-state index contributed by atoms with van der Waals surface area (Å²) in [6.45, 7) is 7.43. The maximum Gasteiger partial charge on any atom is 0.261 e. The lowest BCUT2D eigenvalue weighted by Gasteiger charge is -2.43. The molecule has 8 heteroatoms. The first-order valence-corrected chi connectivity index (χ1v) is 15.1. The number of piperazine rings is 1. The quantitative estimate of drug-likeness (QED) is 0.382. The molecule has 3 aliphatic rings. The first-order chi connectivity index (χ1) is 19.0. The number of benzene rings is 2. The molecule has 6 nitrogen and oxygen atoms in total. The van der Waals surface area contributed by atoms with Crippen LogP contribution in [-0.2, 0) is 9.59 Å². The molecule has 2 saturated heterocycles. The molecule has 39 heavy (non-hydrogen) atoms. The van der Waals surface area contributed by atoms with Crippen molar-refractivity contribution in [3.63, 3.8) is 0 Å². The molecule has 208 valence electrons. The predicted molar refractivity (Wildman–Crippen MR) is 157 cm³/mol. The third-order valence-corrected chi connectivity index (χ3v) is 9.44. The summed E-state index contributed by atoms with van der Waals surface area (Å²) >= 11 is 1.70. The molecular weight excluding hydrogens is 511 g/mol. The minimum atomic E-state index is -0.208. The van der Waals surface area contributed by atoms with E-state index in [2.05, 4.69) is 34.2 Å². The number of halogens is 1. The van der Waals surface area contributed by atoms with Crippen molar-refractivity contribution >= 4 is 35.3 Å². The molecule has 0 radical (unpaired) electrons. The molecule has 2 aliphatic heterocycles. The van der Waals surface area contributed by atoms with E-state index in [1.54, 1.807) is 11.8 Å². The van der Waals surface area contributed by atoms with E-state index >= 15 is 0 Å². The van der Waals surface area contributed by atoms with Gasteiger partial charge < -0.3 is 15.1 Å². The number of nitrogens with one attached hydrogen (secondary N) is 1. The summed E-state index contributed by atoms with van der Waals surface area (Å²) in [6, 6.07) is 15.0. The zero-order valence-corrected chi connectivity index (χ0v) is 23.6. The van der Waals surface area contributed by atoms with Crippen molar-refractivity contribution in [3.05, 3.63) is 70.4 Å². The topological polar surface area (TPSA) is 55.9 Å². The zero-order valence-electron chi connectivity index (χ0n) is 22.8. The molecule has 1 N–H and O–H groups in total. The highest BCUT2D eigenvalue weighted by Gasteiger charge is 2.41. The van der Waals surface area contributed by atoms with E-state index in [0.29, 0.717) is 11.8 Å². The lowest BCUT2D eigenvalue weighted by Crippen LogP contribution is -2.54. The Kier molecular flexibility index (Phi) is 9.24. The molecule has 2 unspecified atom stereocenters. The van der Waals surface area contributed by atoms with Crippen molar-refractivity contribution in [3.8, 4) is 0 Å². The van der Waals surface area contributed by atoms with Gasteiger partial charge in [-0.05, 0) is 68.6 Å². The van der Waals surface area contributed by atoms with Crippen molar-refractivity contribution < 1.29 is 14.0 Å². The maximum absolute atomic E-state index is 13.5. The fraction of sp³-hybridized carbons (Fsp3) is 0.484. The van der Waals surface area contributed by atoms with E-state index in [1.807, 2.05) is 35.2 Å². The second kappa shape index (κ2) is 13.0. The van der Waals surface area contributed by atoms with Gasteiger partial charge in [0.1, 0.15) is 12.4 Å². The van der Waals surface area contributed by atoms with E-state index in [-0.39, 0.29) is 30.2 Å². The van der Waals surface area contributed by atoms with E-state index in [0.717, 1.165) is 74.6 Å². The smallest absolute Gasteiger partial charge is 0.261 e. The Labute approximate surface area is 235 Å². The Morgan fingerprint density at radius 3 is 2.49 bits per heavy atom. The monoisotopic (exact) mass is 550 g/mol. The number of carbonyl (C=O) groups is 2. The number of nitrogens with zero attached hydrogens (tertiary/aromatic N) is 3. The molecule has 3 fully saturated rings. The number of amides is 2. The van der Waals surface area contributed by atoms with E-state index in [4.69, 9.17) is 0 Å². The molecule has 0 bridgehead atoms. The first-order valence-electron chi connectivity index (χ1n) is 14.2. The fourth-order valence-electron chi connectivity index (χ4n) is 5.80. The maximum atomic E-state index is 13.5. The van der Waals surface area contributed by atoms with E-state index in [9.17, 15) is 14.0 Å². The largest absolute Gasteiger partial charge is 0.369 e. The molecule has 0 aromatic heterocycles. The minimum absolute atomic E-state index is 0.0158. The van der Waals surface area contributed by atoms with Crippen LogP contribution in [0.4, 0.5) is 10.1 Å². The standard InChI is InChI=1S/C31H39FN4O2S/c1-23-7-9-24(10-8-23)21-29-31(38)36(27-5-2-3-6-28(27)39-29)22-30(37)33-15-4-16-34-17-19-35(20-18-34)26-13-11-25(32)12-14-26/h7-14,21,27-28H,2-6,15-20,22H2,1H3,(H,33,37)/b29-21-. The van der Waals surface area contributed by atoms with Crippen LogP contribution in [0.3, 0.4) is 0 Å². The van der Waals surface area contributed by atoms with Crippen LogP contribution in [0.1, 0.15) is 43.2 Å². The molecule has 2 aromatic carbocycles. The molecule has 0 spiro atoms. The molecule has 2 amide bonds. The van der Waals surface area contributed by atoms with Crippen LogP contribution in [0.5, 0.6) is 0 Å². The van der Waals surface area contributed by atoms with Crippen molar-refractivity contribution in [1.82, 2.24) is 15.1 Å². The Hall–Kier alpha value is -2.84. The van der Waals surface area contributed by atoms with Gasteiger partial charge in [0.2, 0.25) is 5.91 Å². The van der Waals surface area contributed by atoms with Gasteiger partial charge in [-0.25, -0.2) is 4.39 Å². The summed E-state index contributed by atoms with van der Waals surface area (Å²) in [7, 11) is 0. The Morgan fingerprint density at radius 1 is 1.03 bits per heavy atom. The van der Waals surface area contributed by atoms with Crippen LogP contribution in [0.2, 0.25) is 0 Å². The molecule has 5 rings (SSSR count). The molecule has 1 saturated carbocycles. The second-order valence-electron chi connectivity index (χ2n) is 10.9. The molecule has 2 aromatic rings. The lowest BCUT2D eigenvalue weighted by molar-refractivity contribution is -0.135. The Morgan fingerprint density at radius 2 is 1.74 bits per heavy atom. The second-order valence-corrected chi connectivity index (χ2v) is 12.2. The average molecular weight is 551 g/mol. The van der Waals surface area contributed by atoms with Crippen LogP contribution in [0.15, 0.2) is 53.4 Å². The normalized spacial score (nSPS) is 23.1. The number of hydrogen-bond donors (Lipinski definition) is 1. The van der Waals surface area contributed by atoms with Gasteiger partial charge >= 0.3 is 0 Å². The zero-order chi connectivity index (χ0) is 27.2. The van der Waals surface area contributed by atoms with Gasteiger partial charge in [0.05, 0.1) is 4.91 Å². The van der Waals surface area contributed by atoms with Gasteiger partial charge in [0, 0.05) is 49.7 Å². The van der Waals surface area contributed by atoms with Gasteiger partial charge in [-0.1, -0.05) is 42.7 Å². The summed E-state index contributed by atoms with van der Waals surface area (Å²) in [4.78, 5) is 33.7. The van der Waals surface area contributed by atoms with Crippen molar-refractivity contribution in [2.24, 2.45) is 0 Å². The van der Waals surface area contributed by atoms with Crippen LogP contribution in [0, 0.1) is 12.7 Å². The van der Waals surface area contributed by atoms with E-state index in [1.165, 1.54) is 24.1 Å². The summed E-state index contributed by atoms with van der Waals surface area (Å²) in [5, 5.41) is 3.42. The predicted octanol–water partition coefficient (Wildman–Crippen LogP) is 4.69. The molecule has 1 aliphatic carbocycles. The highest BCUT2D eigenvalue weighted by Crippen LogP contribution is 2.42. The summed E-state index contributed by atoms with van der Waals surface area (Å²) in [6.07, 6.45) is 7.20. The summed E-state index contributed by atoms with van der Waals surface area (Å²) in [5.41, 5.74) is 3.28. The van der Waals surface area contributed by atoms with Crippen LogP contribution < -0.4 is 10.2 Å². The van der Waals surface area contributed by atoms with Gasteiger partial charge in [0.15, 0.2) is 0 Å². The highest BCUT2D eigenvalue weighted by molar-refractivity contribution is 8.04. The number of thioether (sulfide) groups is 1. The van der Waals surface area contributed by atoms with E-state index < -0.39 is 0 Å². The highest BCUT2D eigenvalue weighted by atomic mass is 32.2. The SMILES string of the molecule is Cc1ccc(/C=C2\SC3CCCCC3N(CC(=O)NCCCN3CCN(c4ccc(F)cc4)CC3)C2=O)cc1. The first kappa shape index (κ1) is 27.7. The van der Waals surface area contributed by atoms with Crippen LogP contribution in [-0.4, -0.2) is 78.7 Å². The summed E-state index contributed by atoms with van der Waals surface area (Å²) < 4.78 is 13.2. The van der Waals surface area contributed by atoms with Gasteiger partial charge in [-0.2, -0.15) is 0 Å². The van der Waals surface area contributed by atoms with Crippen molar-refractivity contribution in [2.45, 2.75) is 50.3 Å². The van der Waals surface area contributed by atoms with Crippen LogP contribution in [0.25, 0.3) is 6.08 Å². The number of hydrogen-bond acceptors (Lipinski definition) is 5. The minimum Gasteiger partial charge on any atom is -0.369 e. The average Bonchev–Trinajstić information content (AvgIpc) is 2.95. The number of anilines is 1. The lowest BCUT2D eigenvalue weighted by atomic mass is 9.93. The van der Waals surface area contributed by atoms with Gasteiger partial charge in [-0.3, -0.25) is 14.5 Å². The Balaban J connectivity index is 1.09. The molecule has 2 heterocycles. The molecule has 2 atom stereocenters. The number of rotatable bonds is 8. The van der Waals surface area contributed by atoms with Crippen molar-refractivity contribution in [1.29, 1.82) is 0 Å². The van der Waals surface area contributed by atoms with Crippen molar-refractivity contribution in [2.75, 3.05) is 50.7 Å². The van der Waals surface area contributed by atoms with Gasteiger partial charge in [-0.15, -0.1) is 11.8 Å². The number of aryl methyl sites for hydroxylation is 1. The number of carbonyl (C=O) groups excluding carboxylic acids is 2. The van der Waals surface area contributed by atoms with Crippen LogP contribution >= 0.6 is 11.8 Å². The Bertz CT molecular complexity index is 1160. The summed E-state index contributed by atoms with van der Waals surface area (Å²) in [5.74, 6) is -0.297. The molecular formula is C31H39FN4O2S. The third kappa shape index (κ3) is 7.22. The third-order valence-electron chi connectivity index (χ3n) is 8.04. The fourth-order valence-corrected chi connectivity index (χ4v) is 7.27.